The first-order valence-electron chi connectivity index (χ1n) is 13.2. The minimum absolute atomic E-state index is 0.0805. The Balaban J connectivity index is 1.62. The number of Topliss-reactive ketones (excluding diaryl/α,β-unsaturated/α-hetero) is 1. The molecular formula is C30H32O8. The predicted octanol–water partition coefficient (Wildman–Crippen LogP) is 5.39. The molecular weight excluding hydrogens is 488 g/mol. The quantitative estimate of drug-likeness (QED) is 0.384. The molecule has 0 saturated carbocycles. The van der Waals surface area contributed by atoms with Gasteiger partial charge in [0.15, 0.2) is 11.5 Å². The Bertz CT molecular complexity index is 1280. The second-order valence-electron chi connectivity index (χ2n) is 9.86. The van der Waals surface area contributed by atoms with Gasteiger partial charge in [-0.2, -0.15) is 0 Å². The number of carbonyl (C=O) groups is 3. The summed E-state index contributed by atoms with van der Waals surface area (Å²) in [4.78, 5) is 38.4. The molecule has 200 valence electrons. The van der Waals surface area contributed by atoms with E-state index in [1.165, 1.54) is 7.11 Å². The van der Waals surface area contributed by atoms with Crippen LogP contribution in [0.15, 0.2) is 30.3 Å². The second-order valence-corrected chi connectivity index (χ2v) is 9.86. The van der Waals surface area contributed by atoms with Crippen LogP contribution in [0.1, 0.15) is 84.8 Å². The molecule has 3 aliphatic rings. The fourth-order valence-electron chi connectivity index (χ4n) is 5.27. The monoisotopic (exact) mass is 520 g/mol. The first-order valence-corrected chi connectivity index (χ1v) is 13.2. The lowest BCUT2D eigenvalue weighted by molar-refractivity contribution is -0.135. The van der Waals surface area contributed by atoms with Gasteiger partial charge in [0, 0.05) is 24.3 Å². The van der Waals surface area contributed by atoms with Gasteiger partial charge in [0.05, 0.1) is 19.6 Å². The minimum atomic E-state index is -0.516. The molecule has 5 rings (SSSR count). The Kier molecular flexibility index (Phi) is 7.67. The number of benzene rings is 2. The molecule has 0 radical (unpaired) electrons. The SMILES string of the molecule is COc1c2c(cc3c1[C@@H](c1ccc4c(c1)OCCO4)CC(=O)O3)/C=C/CCCC(=O)CCC[C@H](C)OC2=O. The van der Waals surface area contributed by atoms with Crippen LogP contribution in [0, 0.1) is 0 Å². The summed E-state index contributed by atoms with van der Waals surface area (Å²) in [6, 6.07) is 7.30. The van der Waals surface area contributed by atoms with E-state index in [1.807, 2.05) is 37.3 Å². The number of allylic oxidation sites excluding steroid dienone is 1. The average molecular weight is 521 g/mol. The highest BCUT2D eigenvalue weighted by atomic mass is 16.6. The van der Waals surface area contributed by atoms with E-state index in [-0.39, 0.29) is 24.3 Å². The van der Waals surface area contributed by atoms with Crippen LogP contribution in [-0.4, -0.2) is 44.1 Å². The van der Waals surface area contributed by atoms with Crippen molar-refractivity contribution in [1.82, 2.24) is 0 Å². The van der Waals surface area contributed by atoms with Gasteiger partial charge in [-0.05, 0) is 61.9 Å². The van der Waals surface area contributed by atoms with Crippen LogP contribution in [0.25, 0.3) is 6.08 Å². The van der Waals surface area contributed by atoms with Crippen LogP contribution in [-0.2, 0) is 14.3 Å². The van der Waals surface area contributed by atoms with Crippen LogP contribution in [0.3, 0.4) is 0 Å². The molecule has 0 N–H and O–H groups in total. The third-order valence-corrected chi connectivity index (χ3v) is 7.13. The van der Waals surface area contributed by atoms with Gasteiger partial charge < -0.3 is 23.7 Å². The summed E-state index contributed by atoms with van der Waals surface area (Å²) >= 11 is 0. The van der Waals surface area contributed by atoms with Crippen LogP contribution < -0.4 is 18.9 Å². The Morgan fingerprint density at radius 3 is 2.55 bits per heavy atom. The Labute approximate surface area is 221 Å². The van der Waals surface area contributed by atoms with E-state index in [9.17, 15) is 14.4 Å². The molecule has 2 aromatic rings. The fourth-order valence-corrected chi connectivity index (χ4v) is 5.27. The Morgan fingerprint density at radius 1 is 0.947 bits per heavy atom. The van der Waals surface area contributed by atoms with Crippen molar-refractivity contribution in [3.05, 3.63) is 52.6 Å². The number of carbonyl (C=O) groups excluding carboxylic acids is 3. The normalized spacial score (nSPS) is 22.7. The van der Waals surface area contributed by atoms with Crippen LogP contribution >= 0.6 is 0 Å². The third-order valence-electron chi connectivity index (χ3n) is 7.13. The van der Waals surface area contributed by atoms with Crippen molar-refractivity contribution in [1.29, 1.82) is 0 Å². The lowest BCUT2D eigenvalue weighted by atomic mass is 9.83. The fraction of sp³-hybridized carbons (Fsp3) is 0.433. The van der Waals surface area contributed by atoms with Gasteiger partial charge in [-0.15, -0.1) is 0 Å². The molecule has 2 atom stereocenters. The standard InChI is InChI=1S/C30H32O8/c1-18-7-6-10-21(31)9-5-3-4-8-20-16-25-28(29(34-2)27(20)30(33)37-18)22(17-26(32)38-25)19-11-12-23-24(15-19)36-14-13-35-23/h4,8,11-12,15-16,18,22H,3,5-7,9-10,13-14,17H2,1-2H3/b8-4+/t18-,22+/m0/s1. The number of hydrogen-bond acceptors (Lipinski definition) is 8. The van der Waals surface area contributed by atoms with E-state index in [2.05, 4.69) is 0 Å². The molecule has 2 aromatic carbocycles. The number of hydrogen-bond donors (Lipinski definition) is 0. The molecule has 0 aliphatic carbocycles. The summed E-state index contributed by atoms with van der Waals surface area (Å²) in [6.07, 6.45) is 7.11. The summed E-state index contributed by atoms with van der Waals surface area (Å²) in [5, 5.41) is 0. The van der Waals surface area contributed by atoms with Crippen molar-refractivity contribution in [2.45, 2.75) is 63.9 Å². The van der Waals surface area contributed by atoms with Crippen molar-refractivity contribution in [3.8, 4) is 23.0 Å². The molecule has 0 aromatic heterocycles. The zero-order valence-corrected chi connectivity index (χ0v) is 21.7. The van der Waals surface area contributed by atoms with Crippen molar-refractivity contribution < 1.29 is 38.1 Å². The molecule has 0 spiro atoms. The highest BCUT2D eigenvalue weighted by Gasteiger charge is 2.36. The minimum Gasteiger partial charge on any atom is -0.495 e. The highest BCUT2D eigenvalue weighted by molar-refractivity contribution is 5.99. The van der Waals surface area contributed by atoms with Crippen LogP contribution in [0.2, 0.25) is 0 Å². The Morgan fingerprint density at radius 2 is 1.74 bits per heavy atom. The molecule has 0 bridgehead atoms. The van der Waals surface area contributed by atoms with E-state index < -0.39 is 11.9 Å². The summed E-state index contributed by atoms with van der Waals surface area (Å²) in [6.45, 7) is 2.75. The van der Waals surface area contributed by atoms with Gasteiger partial charge in [-0.3, -0.25) is 9.59 Å². The maximum absolute atomic E-state index is 13.6. The first-order chi connectivity index (χ1) is 18.4. The number of rotatable bonds is 2. The maximum Gasteiger partial charge on any atom is 0.342 e. The van der Waals surface area contributed by atoms with E-state index >= 15 is 0 Å². The molecule has 8 heteroatoms. The van der Waals surface area contributed by atoms with Gasteiger partial charge >= 0.3 is 11.9 Å². The predicted molar refractivity (Wildman–Crippen MR) is 139 cm³/mol. The Hall–Kier alpha value is -3.81. The second kappa shape index (κ2) is 11.3. The van der Waals surface area contributed by atoms with E-state index in [0.29, 0.717) is 85.0 Å². The number of methoxy groups -OCH3 is 1. The molecule has 8 nitrogen and oxygen atoms in total. The molecule has 3 heterocycles. The van der Waals surface area contributed by atoms with Gasteiger partial charge in [-0.1, -0.05) is 18.2 Å². The first kappa shape index (κ1) is 25.8. The lowest BCUT2D eigenvalue weighted by Gasteiger charge is -2.29. The van der Waals surface area contributed by atoms with Crippen molar-refractivity contribution in [2.24, 2.45) is 0 Å². The lowest BCUT2D eigenvalue weighted by Crippen LogP contribution is -2.24. The van der Waals surface area contributed by atoms with Gasteiger partial charge in [0.2, 0.25) is 0 Å². The summed E-state index contributed by atoms with van der Waals surface area (Å²) in [5.74, 6) is 0.850. The number of esters is 2. The van der Waals surface area contributed by atoms with Crippen LogP contribution in [0.4, 0.5) is 0 Å². The zero-order chi connectivity index (χ0) is 26.6. The number of cyclic esters (lactones) is 1. The van der Waals surface area contributed by atoms with Crippen LogP contribution in [0.5, 0.6) is 23.0 Å². The molecule has 0 fully saturated rings. The molecule has 38 heavy (non-hydrogen) atoms. The molecule has 0 amide bonds. The van der Waals surface area contributed by atoms with Gasteiger partial charge in [-0.25, -0.2) is 4.79 Å². The number of ketones is 1. The summed E-state index contributed by atoms with van der Waals surface area (Å²) in [7, 11) is 1.50. The van der Waals surface area contributed by atoms with Crippen molar-refractivity contribution in [2.75, 3.05) is 20.3 Å². The van der Waals surface area contributed by atoms with E-state index in [4.69, 9.17) is 23.7 Å². The third kappa shape index (κ3) is 5.39. The van der Waals surface area contributed by atoms with Gasteiger partial charge in [0.25, 0.3) is 0 Å². The highest BCUT2D eigenvalue weighted by Crippen LogP contribution is 2.48. The summed E-state index contributed by atoms with van der Waals surface area (Å²) < 4.78 is 28.8. The molecule has 3 aliphatic heterocycles. The van der Waals surface area contributed by atoms with Crippen molar-refractivity contribution >= 4 is 23.8 Å². The maximum atomic E-state index is 13.6. The van der Waals surface area contributed by atoms with E-state index in [0.717, 1.165) is 12.0 Å². The topological polar surface area (TPSA) is 97.4 Å². The molecule has 0 saturated heterocycles. The zero-order valence-electron chi connectivity index (χ0n) is 21.7. The molecule has 0 unspecified atom stereocenters. The largest absolute Gasteiger partial charge is 0.495 e. The van der Waals surface area contributed by atoms with E-state index in [1.54, 1.807) is 6.07 Å². The number of ether oxygens (including phenoxy) is 5. The smallest absolute Gasteiger partial charge is 0.342 e. The van der Waals surface area contributed by atoms with Crippen molar-refractivity contribution in [3.63, 3.8) is 0 Å². The van der Waals surface area contributed by atoms with Gasteiger partial charge in [0.1, 0.15) is 36.1 Å². The number of fused-ring (bicyclic) bond motifs is 3. The average Bonchev–Trinajstić information content (AvgIpc) is 2.90. The summed E-state index contributed by atoms with van der Waals surface area (Å²) in [5.41, 5.74) is 2.28.